The fourth-order valence-electron chi connectivity index (χ4n) is 3.25. The number of esters is 1. The lowest BCUT2D eigenvalue weighted by molar-refractivity contribution is -0.129. The first-order valence-corrected chi connectivity index (χ1v) is 9.53. The number of benzene rings is 1. The molecular weight excluding hydrogens is 358 g/mol. The zero-order chi connectivity index (χ0) is 18.5. The Kier molecular flexibility index (Phi) is 6.25. The maximum absolute atomic E-state index is 12.4. The number of ether oxygens (including phenoxy) is 3. The van der Waals surface area contributed by atoms with Crippen molar-refractivity contribution in [3.05, 3.63) is 22.7 Å². The number of hydrogen-bond acceptors (Lipinski definition) is 5. The van der Waals surface area contributed by atoms with Crippen LogP contribution >= 0.6 is 11.6 Å². The van der Waals surface area contributed by atoms with Crippen LogP contribution in [0.4, 0.5) is 0 Å². The molecule has 1 aliphatic heterocycles. The number of rotatable bonds is 4. The Bertz CT molecular complexity index is 670. The molecule has 3 rings (SSSR count). The third-order valence-corrected chi connectivity index (χ3v) is 4.97. The molecule has 1 atom stereocenters. The van der Waals surface area contributed by atoms with E-state index in [9.17, 15) is 9.59 Å². The third-order valence-electron chi connectivity index (χ3n) is 4.69. The summed E-state index contributed by atoms with van der Waals surface area (Å²) in [6, 6.07) is 3.15. The Morgan fingerprint density at radius 2 is 1.85 bits per heavy atom. The van der Waals surface area contributed by atoms with Gasteiger partial charge in [0.25, 0.3) is 5.91 Å². The minimum absolute atomic E-state index is 0.162. The van der Waals surface area contributed by atoms with Crippen molar-refractivity contribution in [2.24, 2.45) is 0 Å². The molecule has 1 aliphatic carbocycles. The third kappa shape index (κ3) is 4.61. The van der Waals surface area contributed by atoms with E-state index in [1.807, 2.05) is 0 Å². The summed E-state index contributed by atoms with van der Waals surface area (Å²) >= 11 is 6.14. The average molecular weight is 382 g/mol. The SMILES string of the molecule is C[C@@H](OC(=O)c1cc(Cl)c2c(c1)OCCO2)C(=O)NC1CCCCCC1. The first-order chi connectivity index (χ1) is 12.5. The average Bonchev–Trinajstić information content (AvgIpc) is 2.90. The van der Waals surface area contributed by atoms with Crippen molar-refractivity contribution in [1.29, 1.82) is 0 Å². The number of carbonyl (C=O) groups excluding carboxylic acids is 2. The lowest BCUT2D eigenvalue weighted by atomic mass is 10.1. The number of amides is 1. The van der Waals surface area contributed by atoms with Crippen molar-refractivity contribution >= 4 is 23.5 Å². The predicted octanol–water partition coefficient (Wildman–Crippen LogP) is 3.50. The molecule has 1 fully saturated rings. The molecule has 142 valence electrons. The smallest absolute Gasteiger partial charge is 0.339 e. The number of hydrogen-bond donors (Lipinski definition) is 1. The van der Waals surface area contributed by atoms with E-state index < -0.39 is 12.1 Å². The second kappa shape index (κ2) is 8.62. The maximum atomic E-state index is 12.4. The van der Waals surface area contributed by atoms with Crippen LogP contribution in [0.2, 0.25) is 5.02 Å². The van der Waals surface area contributed by atoms with Gasteiger partial charge in [-0.25, -0.2) is 4.79 Å². The molecule has 0 radical (unpaired) electrons. The van der Waals surface area contributed by atoms with Crippen molar-refractivity contribution < 1.29 is 23.8 Å². The van der Waals surface area contributed by atoms with Crippen molar-refractivity contribution in [2.75, 3.05) is 13.2 Å². The van der Waals surface area contributed by atoms with E-state index in [-0.39, 0.29) is 22.5 Å². The molecule has 26 heavy (non-hydrogen) atoms. The van der Waals surface area contributed by atoms with Gasteiger partial charge in [-0.1, -0.05) is 37.3 Å². The fraction of sp³-hybridized carbons (Fsp3) is 0.579. The van der Waals surface area contributed by atoms with Gasteiger partial charge in [-0.05, 0) is 31.9 Å². The molecule has 1 aromatic carbocycles. The van der Waals surface area contributed by atoms with Gasteiger partial charge in [-0.3, -0.25) is 4.79 Å². The Morgan fingerprint density at radius 3 is 2.58 bits per heavy atom. The maximum Gasteiger partial charge on any atom is 0.339 e. The summed E-state index contributed by atoms with van der Waals surface area (Å²) < 4.78 is 16.2. The molecular formula is C19H24ClNO5. The zero-order valence-corrected chi connectivity index (χ0v) is 15.6. The monoisotopic (exact) mass is 381 g/mol. The first kappa shape index (κ1) is 18.8. The Morgan fingerprint density at radius 1 is 1.15 bits per heavy atom. The van der Waals surface area contributed by atoms with Crippen LogP contribution in [0, 0.1) is 0 Å². The quantitative estimate of drug-likeness (QED) is 0.638. The molecule has 0 saturated heterocycles. The van der Waals surface area contributed by atoms with Crippen molar-refractivity contribution in [2.45, 2.75) is 57.6 Å². The van der Waals surface area contributed by atoms with Crippen LogP contribution in [-0.4, -0.2) is 37.2 Å². The summed E-state index contributed by atoms with van der Waals surface area (Å²) in [5, 5.41) is 3.27. The van der Waals surface area contributed by atoms with Crippen LogP contribution in [0.5, 0.6) is 11.5 Å². The summed E-state index contributed by atoms with van der Waals surface area (Å²) in [5.74, 6) is -0.0545. The van der Waals surface area contributed by atoms with Crippen LogP contribution in [0.25, 0.3) is 0 Å². The van der Waals surface area contributed by atoms with Crippen LogP contribution in [-0.2, 0) is 9.53 Å². The summed E-state index contributed by atoms with van der Waals surface area (Å²) in [4.78, 5) is 24.7. The number of carbonyl (C=O) groups is 2. The molecule has 1 amide bonds. The number of halogens is 1. The van der Waals surface area contributed by atoms with Crippen molar-refractivity contribution in [1.82, 2.24) is 5.32 Å². The summed E-state index contributed by atoms with van der Waals surface area (Å²) in [7, 11) is 0. The molecule has 1 aromatic rings. The second-order valence-corrected chi connectivity index (χ2v) is 7.13. The van der Waals surface area contributed by atoms with Gasteiger partial charge in [0.15, 0.2) is 17.6 Å². The van der Waals surface area contributed by atoms with Gasteiger partial charge < -0.3 is 19.5 Å². The molecule has 7 heteroatoms. The van der Waals surface area contributed by atoms with Crippen LogP contribution < -0.4 is 14.8 Å². The molecule has 1 saturated carbocycles. The lowest BCUT2D eigenvalue weighted by Crippen LogP contribution is -2.41. The van der Waals surface area contributed by atoms with E-state index in [2.05, 4.69) is 5.32 Å². The van der Waals surface area contributed by atoms with Crippen molar-refractivity contribution in [3.63, 3.8) is 0 Å². The van der Waals surface area contributed by atoms with E-state index in [1.165, 1.54) is 25.0 Å². The minimum Gasteiger partial charge on any atom is -0.486 e. The summed E-state index contributed by atoms with van der Waals surface area (Å²) in [6.07, 6.45) is 5.74. The first-order valence-electron chi connectivity index (χ1n) is 9.15. The highest BCUT2D eigenvalue weighted by Gasteiger charge is 2.24. The standard InChI is InChI=1S/C19H24ClNO5/c1-12(18(22)21-14-6-4-2-3-5-7-14)26-19(23)13-10-15(20)17-16(11-13)24-8-9-25-17/h10-12,14H,2-9H2,1H3,(H,21,22)/t12-/m1/s1. The Balaban J connectivity index is 1.60. The highest BCUT2D eigenvalue weighted by molar-refractivity contribution is 6.32. The largest absolute Gasteiger partial charge is 0.486 e. The molecule has 2 aliphatic rings. The Labute approximate surface area is 158 Å². The van der Waals surface area contributed by atoms with E-state index >= 15 is 0 Å². The molecule has 0 aromatic heterocycles. The fourth-order valence-corrected chi connectivity index (χ4v) is 3.52. The van der Waals surface area contributed by atoms with Crippen molar-refractivity contribution in [3.8, 4) is 11.5 Å². The van der Waals surface area contributed by atoms with Gasteiger partial charge >= 0.3 is 5.97 Å². The lowest BCUT2D eigenvalue weighted by Gasteiger charge is -2.21. The second-order valence-electron chi connectivity index (χ2n) is 6.73. The van der Waals surface area contributed by atoms with Crippen LogP contribution in [0.15, 0.2) is 12.1 Å². The molecule has 0 bridgehead atoms. The molecule has 6 nitrogen and oxygen atoms in total. The van der Waals surface area contributed by atoms with Crippen LogP contribution in [0.1, 0.15) is 55.8 Å². The number of nitrogens with one attached hydrogen (secondary N) is 1. The van der Waals surface area contributed by atoms with Crippen LogP contribution in [0.3, 0.4) is 0 Å². The highest BCUT2D eigenvalue weighted by Crippen LogP contribution is 2.38. The van der Waals surface area contributed by atoms with Gasteiger partial charge in [0, 0.05) is 6.04 Å². The van der Waals surface area contributed by atoms with E-state index in [0.29, 0.717) is 24.7 Å². The van der Waals surface area contributed by atoms with E-state index in [0.717, 1.165) is 25.7 Å². The topological polar surface area (TPSA) is 73.9 Å². The minimum atomic E-state index is -0.877. The molecule has 1 heterocycles. The highest BCUT2D eigenvalue weighted by atomic mass is 35.5. The molecule has 0 spiro atoms. The van der Waals surface area contributed by atoms with Gasteiger partial charge in [-0.15, -0.1) is 0 Å². The summed E-state index contributed by atoms with van der Waals surface area (Å²) in [6.45, 7) is 2.38. The Hall–Kier alpha value is -1.95. The predicted molar refractivity (Wildman–Crippen MR) is 97.0 cm³/mol. The van der Waals surface area contributed by atoms with Gasteiger partial charge in [0.05, 0.1) is 10.6 Å². The van der Waals surface area contributed by atoms with Gasteiger partial charge in [0.2, 0.25) is 0 Å². The normalized spacial score (nSPS) is 18.5. The number of fused-ring (bicyclic) bond motifs is 1. The zero-order valence-electron chi connectivity index (χ0n) is 14.9. The molecule has 0 unspecified atom stereocenters. The van der Waals surface area contributed by atoms with Gasteiger partial charge in [0.1, 0.15) is 13.2 Å². The van der Waals surface area contributed by atoms with E-state index in [4.69, 9.17) is 25.8 Å². The van der Waals surface area contributed by atoms with Gasteiger partial charge in [-0.2, -0.15) is 0 Å². The van der Waals surface area contributed by atoms with E-state index in [1.54, 1.807) is 6.92 Å². The molecule has 1 N–H and O–H groups in total. The summed E-state index contributed by atoms with van der Waals surface area (Å²) in [5.41, 5.74) is 0.230.